The van der Waals surface area contributed by atoms with Crippen molar-refractivity contribution >= 4 is 23.1 Å². The molecule has 0 heterocycles. The van der Waals surface area contributed by atoms with Crippen LogP contribution in [0.4, 0.5) is 0 Å². The fraction of sp³-hybridized carbons (Fsp3) is 0.500. The zero-order valence-electron chi connectivity index (χ0n) is 12.1. The first-order chi connectivity index (χ1) is 9.47. The molecule has 2 rings (SSSR count). The van der Waals surface area contributed by atoms with E-state index in [9.17, 15) is 4.79 Å². The minimum atomic E-state index is -0.0325. The third-order valence-corrected chi connectivity index (χ3v) is 4.58. The van der Waals surface area contributed by atoms with Crippen molar-refractivity contribution in [2.45, 2.75) is 39.2 Å². The van der Waals surface area contributed by atoms with Crippen molar-refractivity contribution in [1.82, 2.24) is 5.32 Å². The van der Waals surface area contributed by atoms with Crippen LogP contribution in [-0.4, -0.2) is 16.9 Å². The van der Waals surface area contributed by atoms with Gasteiger partial charge in [-0.15, -0.1) is 0 Å². The zero-order valence-corrected chi connectivity index (χ0v) is 12.9. The van der Waals surface area contributed by atoms with Crippen LogP contribution in [0.3, 0.4) is 0 Å². The number of benzene rings is 1. The molecule has 3 atom stereocenters. The van der Waals surface area contributed by atoms with E-state index in [1.807, 2.05) is 12.1 Å². The summed E-state index contributed by atoms with van der Waals surface area (Å²) in [5, 5.41) is 3.13. The average molecular weight is 290 g/mol. The number of carbonyl (C=O) groups is 1. The highest BCUT2D eigenvalue weighted by Crippen LogP contribution is 2.29. The van der Waals surface area contributed by atoms with Crippen LogP contribution in [0.1, 0.15) is 49.0 Å². The number of hydrogen-bond acceptors (Lipinski definition) is 2. The topological polar surface area (TPSA) is 55.1 Å². The molecule has 0 aliphatic heterocycles. The van der Waals surface area contributed by atoms with Gasteiger partial charge in [-0.25, -0.2) is 0 Å². The second-order valence-electron chi connectivity index (χ2n) is 5.88. The first-order valence-corrected chi connectivity index (χ1v) is 7.59. The van der Waals surface area contributed by atoms with Crippen LogP contribution in [0.5, 0.6) is 0 Å². The van der Waals surface area contributed by atoms with Crippen molar-refractivity contribution in [3.8, 4) is 0 Å². The molecule has 0 bridgehead atoms. The summed E-state index contributed by atoms with van der Waals surface area (Å²) in [6, 6.07) is 7.47. The van der Waals surface area contributed by atoms with Crippen molar-refractivity contribution in [2.24, 2.45) is 17.6 Å². The maximum absolute atomic E-state index is 12.3. The molecule has 108 valence electrons. The number of nitrogens with one attached hydrogen (secondary N) is 1. The molecule has 1 fully saturated rings. The maximum Gasteiger partial charge on any atom is 0.251 e. The lowest BCUT2D eigenvalue weighted by atomic mass is 9.79. The van der Waals surface area contributed by atoms with E-state index in [-0.39, 0.29) is 11.9 Å². The first kappa shape index (κ1) is 15.0. The Bertz CT molecular complexity index is 515. The van der Waals surface area contributed by atoms with Gasteiger partial charge < -0.3 is 11.1 Å². The van der Waals surface area contributed by atoms with Gasteiger partial charge in [0.25, 0.3) is 5.91 Å². The average Bonchev–Trinajstić information content (AvgIpc) is 2.43. The molecule has 1 aromatic rings. The van der Waals surface area contributed by atoms with Crippen LogP contribution >= 0.6 is 12.2 Å². The van der Waals surface area contributed by atoms with Crippen LogP contribution in [-0.2, 0) is 0 Å². The molecule has 3 N–H and O–H groups in total. The van der Waals surface area contributed by atoms with E-state index >= 15 is 0 Å². The van der Waals surface area contributed by atoms with E-state index < -0.39 is 0 Å². The zero-order chi connectivity index (χ0) is 14.7. The van der Waals surface area contributed by atoms with E-state index in [1.165, 1.54) is 6.42 Å². The Morgan fingerprint density at radius 1 is 1.25 bits per heavy atom. The Morgan fingerprint density at radius 2 is 1.95 bits per heavy atom. The summed E-state index contributed by atoms with van der Waals surface area (Å²) < 4.78 is 0. The molecular weight excluding hydrogens is 268 g/mol. The van der Waals surface area contributed by atoms with Crippen molar-refractivity contribution in [3.05, 3.63) is 35.4 Å². The highest BCUT2D eigenvalue weighted by molar-refractivity contribution is 7.80. The number of nitrogens with two attached hydrogens (primary N) is 1. The Hall–Kier alpha value is -1.42. The highest BCUT2D eigenvalue weighted by Gasteiger charge is 2.25. The molecule has 1 saturated carbocycles. The second-order valence-corrected chi connectivity index (χ2v) is 6.32. The van der Waals surface area contributed by atoms with E-state index in [0.717, 1.165) is 24.3 Å². The lowest BCUT2D eigenvalue weighted by molar-refractivity contribution is 0.0910. The van der Waals surface area contributed by atoms with Crippen molar-refractivity contribution in [3.63, 3.8) is 0 Å². The number of amides is 1. The summed E-state index contributed by atoms with van der Waals surface area (Å²) in [7, 11) is 0. The van der Waals surface area contributed by atoms with Crippen molar-refractivity contribution in [1.29, 1.82) is 0 Å². The Kier molecular flexibility index (Phi) is 4.76. The van der Waals surface area contributed by atoms with Gasteiger partial charge in [0.1, 0.15) is 4.99 Å². The lowest BCUT2D eigenvalue weighted by Crippen LogP contribution is -2.39. The quantitative estimate of drug-likeness (QED) is 0.842. The van der Waals surface area contributed by atoms with Crippen molar-refractivity contribution in [2.75, 3.05) is 0 Å². The fourth-order valence-corrected chi connectivity index (χ4v) is 2.89. The summed E-state index contributed by atoms with van der Waals surface area (Å²) in [5.74, 6) is 1.38. The first-order valence-electron chi connectivity index (χ1n) is 7.18. The minimum absolute atomic E-state index is 0.0325. The number of hydrogen-bond donors (Lipinski definition) is 2. The minimum Gasteiger partial charge on any atom is -0.389 e. The Morgan fingerprint density at radius 3 is 2.60 bits per heavy atom. The van der Waals surface area contributed by atoms with Gasteiger partial charge in [0.2, 0.25) is 0 Å². The molecule has 0 radical (unpaired) electrons. The van der Waals surface area contributed by atoms with Gasteiger partial charge in [-0.05, 0) is 43.2 Å². The van der Waals surface area contributed by atoms with Crippen LogP contribution < -0.4 is 11.1 Å². The molecule has 4 heteroatoms. The molecule has 0 saturated heterocycles. The summed E-state index contributed by atoms with van der Waals surface area (Å²) >= 11 is 4.94. The predicted octanol–water partition coefficient (Wildman–Crippen LogP) is 2.88. The van der Waals surface area contributed by atoms with Crippen LogP contribution in [0.2, 0.25) is 0 Å². The summed E-state index contributed by atoms with van der Waals surface area (Å²) in [6.45, 7) is 4.55. The van der Waals surface area contributed by atoms with E-state index in [1.54, 1.807) is 12.1 Å². The molecule has 1 aromatic carbocycles. The molecule has 20 heavy (non-hydrogen) atoms. The van der Waals surface area contributed by atoms with Gasteiger partial charge in [-0.1, -0.05) is 38.2 Å². The standard InChI is InChI=1S/C16H22N2OS/c1-10-6-7-14(8-11(10)2)18-16(19)13-5-3-4-12(9-13)15(17)20/h3-5,9-11,14H,6-8H2,1-2H3,(H2,17,20)(H,18,19). The molecule has 0 aromatic heterocycles. The third-order valence-electron chi connectivity index (χ3n) is 4.34. The SMILES string of the molecule is CC1CCC(NC(=O)c2cccc(C(N)=S)c2)CC1C. The monoisotopic (exact) mass is 290 g/mol. The van der Waals surface area contributed by atoms with Crippen LogP contribution in [0.15, 0.2) is 24.3 Å². The highest BCUT2D eigenvalue weighted by atomic mass is 32.1. The van der Waals surface area contributed by atoms with Gasteiger partial charge in [-0.2, -0.15) is 0 Å². The van der Waals surface area contributed by atoms with Crippen LogP contribution in [0, 0.1) is 11.8 Å². The van der Waals surface area contributed by atoms with E-state index in [0.29, 0.717) is 16.5 Å². The smallest absolute Gasteiger partial charge is 0.251 e. The van der Waals surface area contributed by atoms with E-state index in [4.69, 9.17) is 18.0 Å². The molecule has 3 nitrogen and oxygen atoms in total. The van der Waals surface area contributed by atoms with Gasteiger partial charge in [0.15, 0.2) is 0 Å². The van der Waals surface area contributed by atoms with Gasteiger partial charge in [-0.3, -0.25) is 4.79 Å². The Labute approximate surface area is 125 Å². The van der Waals surface area contributed by atoms with E-state index in [2.05, 4.69) is 19.2 Å². The molecule has 1 amide bonds. The molecule has 1 aliphatic rings. The maximum atomic E-state index is 12.3. The van der Waals surface area contributed by atoms with Gasteiger partial charge in [0, 0.05) is 17.2 Å². The summed E-state index contributed by atoms with van der Waals surface area (Å²) in [6.07, 6.45) is 3.30. The number of carbonyl (C=O) groups excluding carboxylic acids is 1. The second kappa shape index (κ2) is 6.35. The summed E-state index contributed by atoms with van der Waals surface area (Å²) in [4.78, 5) is 12.6. The normalized spacial score (nSPS) is 26.0. The van der Waals surface area contributed by atoms with Crippen LogP contribution in [0.25, 0.3) is 0 Å². The van der Waals surface area contributed by atoms with Gasteiger partial charge in [0.05, 0.1) is 0 Å². The van der Waals surface area contributed by atoms with Gasteiger partial charge >= 0.3 is 0 Å². The largest absolute Gasteiger partial charge is 0.389 e. The fourth-order valence-electron chi connectivity index (χ4n) is 2.76. The third kappa shape index (κ3) is 3.57. The molecule has 3 unspecified atom stereocenters. The molecular formula is C16H22N2OS. The number of thiocarbonyl (C=S) groups is 1. The molecule has 0 spiro atoms. The summed E-state index contributed by atoms with van der Waals surface area (Å²) in [5.41, 5.74) is 6.96. The van der Waals surface area contributed by atoms with Crippen molar-refractivity contribution < 1.29 is 4.79 Å². The molecule has 1 aliphatic carbocycles. The lowest BCUT2D eigenvalue weighted by Gasteiger charge is -2.32. The Balaban J connectivity index is 2.01. The number of rotatable bonds is 3. The predicted molar refractivity (Wildman–Crippen MR) is 85.8 cm³/mol.